The fourth-order valence-electron chi connectivity index (χ4n) is 4.76. The molecular weight excluding hydrogens is 395 g/mol. The first-order valence-corrected chi connectivity index (χ1v) is 11.0. The molecule has 6 nitrogen and oxygen atoms in total. The highest BCUT2D eigenvalue weighted by Crippen LogP contribution is 2.32. The van der Waals surface area contributed by atoms with E-state index in [1.54, 1.807) is 6.07 Å². The summed E-state index contributed by atoms with van der Waals surface area (Å²) in [7, 11) is 2.11. The van der Waals surface area contributed by atoms with Gasteiger partial charge in [-0.1, -0.05) is 30.7 Å². The van der Waals surface area contributed by atoms with E-state index in [-0.39, 0.29) is 17.4 Å². The highest BCUT2D eigenvalue weighted by Gasteiger charge is 2.24. The van der Waals surface area contributed by atoms with Crippen molar-refractivity contribution in [1.82, 2.24) is 14.9 Å². The molecule has 1 N–H and O–H groups in total. The molecule has 2 aliphatic rings. The van der Waals surface area contributed by atoms with E-state index in [2.05, 4.69) is 26.8 Å². The van der Waals surface area contributed by atoms with Crippen LogP contribution in [-0.4, -0.2) is 47.7 Å². The Morgan fingerprint density at radius 2 is 2.03 bits per heavy atom. The molecular formula is C24H27FN4O2. The van der Waals surface area contributed by atoms with Crippen LogP contribution in [0.2, 0.25) is 0 Å². The number of rotatable bonds is 4. The summed E-state index contributed by atoms with van der Waals surface area (Å²) in [6.07, 6.45) is 4.06. The molecule has 0 radical (unpaired) electrons. The predicted octanol–water partition coefficient (Wildman–Crippen LogP) is 3.49. The highest BCUT2D eigenvalue weighted by atomic mass is 19.1. The lowest BCUT2D eigenvalue weighted by Crippen LogP contribution is -2.40. The van der Waals surface area contributed by atoms with Gasteiger partial charge in [0.2, 0.25) is 0 Å². The number of likely N-dealkylation sites (N-methyl/N-ethyl adjacent to an activating group) is 1. The van der Waals surface area contributed by atoms with Gasteiger partial charge in [0, 0.05) is 29.2 Å². The standard InChI is InChI=1S/C24H27FN4O2/c1-28-12-3-2-8-17(28)15-31-24-26-20-14-29(13-11-18(20)23(30)27-24)21-10-5-7-16-6-4-9-19(25)22(16)21/h4-7,9-10,17H,2-3,8,11-15H2,1H3,(H,26,27,30)/t17-/m0/s1. The summed E-state index contributed by atoms with van der Waals surface area (Å²) in [5, 5.41) is 1.47. The molecule has 1 fully saturated rings. The first-order valence-electron chi connectivity index (χ1n) is 11.0. The number of hydrogen-bond acceptors (Lipinski definition) is 5. The number of aromatic amines is 1. The van der Waals surface area contributed by atoms with E-state index >= 15 is 0 Å². The molecule has 0 aliphatic carbocycles. The minimum atomic E-state index is -0.238. The summed E-state index contributed by atoms with van der Waals surface area (Å²) in [4.78, 5) is 24.5. The van der Waals surface area contributed by atoms with Crippen molar-refractivity contribution in [2.75, 3.05) is 31.6 Å². The number of fused-ring (bicyclic) bond motifs is 2. The van der Waals surface area contributed by atoms with Gasteiger partial charge in [-0.2, -0.15) is 4.98 Å². The Kier molecular flexibility index (Phi) is 5.36. The van der Waals surface area contributed by atoms with Crippen LogP contribution in [0, 0.1) is 5.82 Å². The quantitative estimate of drug-likeness (QED) is 0.698. The Hall–Kier alpha value is -2.93. The van der Waals surface area contributed by atoms with Gasteiger partial charge in [-0.3, -0.25) is 9.78 Å². The number of benzene rings is 2. The molecule has 1 aromatic heterocycles. The van der Waals surface area contributed by atoms with Gasteiger partial charge in [-0.25, -0.2) is 4.39 Å². The summed E-state index contributed by atoms with van der Waals surface area (Å²) < 4.78 is 20.5. The predicted molar refractivity (Wildman–Crippen MR) is 119 cm³/mol. The van der Waals surface area contributed by atoms with E-state index < -0.39 is 0 Å². The van der Waals surface area contributed by atoms with Crippen LogP contribution in [0.1, 0.15) is 30.5 Å². The zero-order chi connectivity index (χ0) is 21.4. The zero-order valence-electron chi connectivity index (χ0n) is 17.7. The molecule has 2 aromatic carbocycles. The van der Waals surface area contributed by atoms with Crippen molar-refractivity contribution in [3.05, 3.63) is 63.8 Å². The minimum Gasteiger partial charge on any atom is -0.463 e. The van der Waals surface area contributed by atoms with E-state index in [0.717, 1.165) is 24.0 Å². The lowest BCUT2D eigenvalue weighted by molar-refractivity contribution is 0.119. The summed E-state index contributed by atoms with van der Waals surface area (Å²) in [5.74, 6) is -0.238. The number of hydrogen-bond donors (Lipinski definition) is 1. The Morgan fingerprint density at radius 3 is 2.87 bits per heavy atom. The van der Waals surface area contributed by atoms with Gasteiger partial charge in [0.25, 0.3) is 11.6 Å². The lowest BCUT2D eigenvalue weighted by atomic mass is 10.0. The lowest BCUT2D eigenvalue weighted by Gasteiger charge is -2.32. The van der Waals surface area contributed by atoms with Gasteiger partial charge < -0.3 is 14.5 Å². The molecule has 31 heavy (non-hydrogen) atoms. The average Bonchev–Trinajstić information content (AvgIpc) is 2.78. The van der Waals surface area contributed by atoms with Crippen LogP contribution in [0.4, 0.5) is 10.1 Å². The summed E-state index contributed by atoms with van der Waals surface area (Å²) in [6.45, 7) is 2.67. The van der Waals surface area contributed by atoms with Gasteiger partial charge in [0.1, 0.15) is 12.4 Å². The van der Waals surface area contributed by atoms with E-state index in [4.69, 9.17) is 4.74 Å². The smallest absolute Gasteiger partial charge is 0.296 e. The monoisotopic (exact) mass is 422 g/mol. The number of halogens is 1. The fourth-order valence-corrected chi connectivity index (χ4v) is 4.76. The maximum absolute atomic E-state index is 14.6. The van der Waals surface area contributed by atoms with Crippen LogP contribution in [0.15, 0.2) is 41.2 Å². The van der Waals surface area contributed by atoms with Crippen molar-refractivity contribution >= 4 is 16.5 Å². The number of aromatic nitrogens is 2. The molecule has 1 atom stereocenters. The largest absolute Gasteiger partial charge is 0.463 e. The third-order valence-corrected chi connectivity index (χ3v) is 6.56. The molecule has 0 unspecified atom stereocenters. The molecule has 7 heteroatoms. The number of likely N-dealkylation sites (tertiary alicyclic amines) is 1. The van der Waals surface area contributed by atoms with Crippen LogP contribution >= 0.6 is 0 Å². The second-order valence-corrected chi connectivity index (χ2v) is 8.52. The second-order valence-electron chi connectivity index (χ2n) is 8.52. The highest BCUT2D eigenvalue weighted by molar-refractivity contribution is 5.94. The van der Waals surface area contributed by atoms with E-state index in [0.29, 0.717) is 48.8 Å². The Balaban J connectivity index is 1.40. The molecule has 1 saturated heterocycles. The number of nitrogens with one attached hydrogen (secondary N) is 1. The number of H-pyrrole nitrogens is 1. The van der Waals surface area contributed by atoms with Crippen LogP contribution in [0.3, 0.4) is 0 Å². The molecule has 0 bridgehead atoms. The fraction of sp³-hybridized carbons (Fsp3) is 0.417. The van der Waals surface area contributed by atoms with E-state index in [9.17, 15) is 9.18 Å². The molecule has 0 saturated carbocycles. The van der Waals surface area contributed by atoms with Crippen molar-refractivity contribution in [2.45, 2.75) is 38.3 Å². The molecule has 2 aliphatic heterocycles. The van der Waals surface area contributed by atoms with Crippen molar-refractivity contribution < 1.29 is 9.13 Å². The van der Waals surface area contributed by atoms with Gasteiger partial charge >= 0.3 is 0 Å². The van der Waals surface area contributed by atoms with Crippen LogP contribution < -0.4 is 15.2 Å². The third kappa shape index (κ3) is 3.90. The average molecular weight is 423 g/mol. The molecule has 0 amide bonds. The topological polar surface area (TPSA) is 61.5 Å². The van der Waals surface area contributed by atoms with E-state index in [1.165, 1.54) is 18.9 Å². The Morgan fingerprint density at radius 1 is 1.19 bits per heavy atom. The molecule has 3 aromatic rings. The van der Waals surface area contributed by atoms with Gasteiger partial charge in [-0.15, -0.1) is 0 Å². The van der Waals surface area contributed by atoms with Crippen LogP contribution in [-0.2, 0) is 13.0 Å². The van der Waals surface area contributed by atoms with Crippen molar-refractivity contribution in [2.24, 2.45) is 0 Å². The molecule has 162 valence electrons. The molecule has 5 rings (SSSR count). The number of piperidine rings is 1. The van der Waals surface area contributed by atoms with Crippen molar-refractivity contribution in [1.29, 1.82) is 0 Å². The first kappa shape index (κ1) is 20.0. The van der Waals surface area contributed by atoms with Gasteiger partial charge in [0.05, 0.1) is 12.2 Å². The second kappa shape index (κ2) is 8.30. The SMILES string of the molecule is CN1CCCC[C@H]1COc1nc2c(c(=O)[nH]1)CCN(c1cccc3cccc(F)c13)C2. The Bertz CT molecular complexity index is 1160. The zero-order valence-corrected chi connectivity index (χ0v) is 17.7. The number of anilines is 1. The summed E-state index contributed by atoms with van der Waals surface area (Å²) in [5.41, 5.74) is 2.09. The number of nitrogens with zero attached hydrogens (tertiary/aromatic N) is 3. The summed E-state index contributed by atoms with van der Waals surface area (Å²) >= 11 is 0. The molecule has 0 spiro atoms. The van der Waals surface area contributed by atoms with Crippen molar-refractivity contribution in [3.63, 3.8) is 0 Å². The Labute approximate surface area is 180 Å². The van der Waals surface area contributed by atoms with Crippen molar-refractivity contribution in [3.8, 4) is 6.01 Å². The van der Waals surface area contributed by atoms with Gasteiger partial charge in [0.15, 0.2) is 0 Å². The summed E-state index contributed by atoms with van der Waals surface area (Å²) in [6, 6.07) is 11.5. The first-order chi connectivity index (χ1) is 15.1. The third-order valence-electron chi connectivity index (χ3n) is 6.56. The van der Waals surface area contributed by atoms with Crippen LogP contribution in [0.25, 0.3) is 10.8 Å². The normalized spacial score (nSPS) is 19.4. The van der Waals surface area contributed by atoms with E-state index in [1.807, 2.05) is 24.3 Å². The van der Waals surface area contributed by atoms with Crippen LogP contribution in [0.5, 0.6) is 6.01 Å². The molecule has 3 heterocycles. The number of ether oxygens (including phenoxy) is 1. The maximum atomic E-state index is 14.6. The van der Waals surface area contributed by atoms with Gasteiger partial charge in [-0.05, 0) is 50.4 Å². The maximum Gasteiger partial charge on any atom is 0.296 e. The minimum absolute atomic E-state index is 0.138.